The van der Waals surface area contributed by atoms with Gasteiger partial charge in [-0.3, -0.25) is 4.99 Å². The predicted molar refractivity (Wildman–Crippen MR) is 71.0 cm³/mol. The molecule has 1 aromatic rings. The molecule has 0 saturated carbocycles. The van der Waals surface area contributed by atoms with Gasteiger partial charge in [-0.15, -0.1) is 0 Å². The highest BCUT2D eigenvalue weighted by atomic mass is 35.5. The summed E-state index contributed by atoms with van der Waals surface area (Å²) in [5, 5.41) is 18.8. The highest BCUT2D eigenvalue weighted by molar-refractivity contribution is 6.32. The molecule has 0 saturated heterocycles. The van der Waals surface area contributed by atoms with Crippen molar-refractivity contribution in [1.29, 1.82) is 0 Å². The normalized spacial score (nSPS) is 14.1. The molecule has 3 nitrogen and oxygen atoms in total. The van der Waals surface area contributed by atoms with Gasteiger partial charge in [0.1, 0.15) is 11.6 Å². The van der Waals surface area contributed by atoms with Crippen LogP contribution in [0.3, 0.4) is 0 Å². The summed E-state index contributed by atoms with van der Waals surface area (Å²) in [7, 11) is 0. The molecule has 18 heavy (non-hydrogen) atoms. The average molecular weight is 274 g/mol. The van der Waals surface area contributed by atoms with Crippen LogP contribution in [0, 0.1) is 11.2 Å². The van der Waals surface area contributed by atoms with Crippen LogP contribution in [0.25, 0.3) is 0 Å². The maximum Gasteiger partial charge on any atom is 0.143 e. The molecule has 0 unspecified atom stereocenters. The summed E-state index contributed by atoms with van der Waals surface area (Å²) in [6.45, 7) is 5.68. The van der Waals surface area contributed by atoms with E-state index in [-0.39, 0.29) is 34.4 Å². The first kappa shape index (κ1) is 14.9. The third-order valence-electron chi connectivity index (χ3n) is 2.62. The molecule has 0 aromatic heterocycles. The molecule has 100 valence electrons. The summed E-state index contributed by atoms with van der Waals surface area (Å²) in [6.07, 6.45) is 1.33. The Hall–Kier alpha value is -1.13. The Bertz CT molecular complexity index is 455. The van der Waals surface area contributed by atoms with Gasteiger partial charge in [-0.25, -0.2) is 4.39 Å². The molecular formula is C13H17ClFNO2. The standard InChI is InChI=1S/C13H17ClFNO2/c1-13(2,3)11(7-17)16-6-8-4-9(15)5-10(14)12(8)18/h4-6,11,17-18H,7H2,1-3H3/t11-/m1/s1. The van der Waals surface area contributed by atoms with Crippen molar-refractivity contribution in [3.8, 4) is 5.75 Å². The van der Waals surface area contributed by atoms with Gasteiger partial charge in [0.2, 0.25) is 0 Å². The molecule has 0 spiro atoms. The molecule has 0 heterocycles. The van der Waals surface area contributed by atoms with E-state index in [1.807, 2.05) is 20.8 Å². The lowest BCUT2D eigenvalue weighted by Gasteiger charge is -2.25. The van der Waals surface area contributed by atoms with Gasteiger partial charge < -0.3 is 10.2 Å². The fourth-order valence-electron chi connectivity index (χ4n) is 1.40. The van der Waals surface area contributed by atoms with Crippen LogP contribution < -0.4 is 0 Å². The van der Waals surface area contributed by atoms with E-state index in [0.29, 0.717) is 0 Å². The number of hydrogen-bond acceptors (Lipinski definition) is 3. The number of benzene rings is 1. The van der Waals surface area contributed by atoms with Gasteiger partial charge in [-0.2, -0.15) is 0 Å². The second-order valence-electron chi connectivity index (χ2n) is 5.17. The topological polar surface area (TPSA) is 52.8 Å². The van der Waals surface area contributed by atoms with Crippen LogP contribution in [0.2, 0.25) is 5.02 Å². The van der Waals surface area contributed by atoms with E-state index in [0.717, 1.165) is 12.1 Å². The van der Waals surface area contributed by atoms with Crippen LogP contribution in [-0.4, -0.2) is 29.1 Å². The van der Waals surface area contributed by atoms with E-state index in [1.165, 1.54) is 6.21 Å². The fraction of sp³-hybridized carbons (Fsp3) is 0.462. The first-order valence-electron chi connectivity index (χ1n) is 5.57. The quantitative estimate of drug-likeness (QED) is 0.832. The molecule has 5 heteroatoms. The van der Waals surface area contributed by atoms with Crippen LogP contribution in [0.1, 0.15) is 26.3 Å². The third kappa shape index (κ3) is 3.68. The minimum Gasteiger partial charge on any atom is -0.506 e. The molecule has 1 aromatic carbocycles. The SMILES string of the molecule is CC(C)(C)[C@@H](CO)N=Cc1cc(F)cc(Cl)c1O. The highest BCUT2D eigenvalue weighted by Gasteiger charge is 2.22. The zero-order valence-corrected chi connectivity index (χ0v) is 11.4. The van der Waals surface area contributed by atoms with Crippen LogP contribution in [-0.2, 0) is 0 Å². The number of phenols is 1. The van der Waals surface area contributed by atoms with E-state index >= 15 is 0 Å². The lowest BCUT2D eigenvalue weighted by Crippen LogP contribution is -2.28. The first-order valence-corrected chi connectivity index (χ1v) is 5.95. The Balaban J connectivity index is 3.04. The van der Waals surface area contributed by atoms with Gasteiger partial charge in [0.05, 0.1) is 17.7 Å². The van der Waals surface area contributed by atoms with Crippen molar-refractivity contribution in [2.45, 2.75) is 26.8 Å². The van der Waals surface area contributed by atoms with Crippen LogP contribution in [0.4, 0.5) is 4.39 Å². The molecule has 0 aliphatic carbocycles. The zero-order valence-electron chi connectivity index (χ0n) is 10.6. The molecular weight excluding hydrogens is 257 g/mol. The smallest absolute Gasteiger partial charge is 0.143 e. The van der Waals surface area contributed by atoms with E-state index in [1.54, 1.807) is 0 Å². The zero-order chi connectivity index (χ0) is 13.9. The summed E-state index contributed by atoms with van der Waals surface area (Å²) >= 11 is 5.66. The number of hydrogen-bond donors (Lipinski definition) is 2. The third-order valence-corrected chi connectivity index (χ3v) is 2.91. The van der Waals surface area contributed by atoms with Gasteiger partial charge in [-0.05, 0) is 17.5 Å². The van der Waals surface area contributed by atoms with Gasteiger partial charge in [0.25, 0.3) is 0 Å². The van der Waals surface area contributed by atoms with Gasteiger partial charge in [-0.1, -0.05) is 32.4 Å². The predicted octanol–water partition coefficient (Wildman–Crippen LogP) is 3.01. The van der Waals surface area contributed by atoms with Crippen LogP contribution in [0.5, 0.6) is 5.75 Å². The number of aliphatic hydroxyl groups is 1. The van der Waals surface area contributed by atoms with Crippen molar-refractivity contribution < 1.29 is 14.6 Å². The summed E-state index contributed by atoms with van der Waals surface area (Å²) in [5.74, 6) is -0.761. The number of aliphatic imine (C=N–C) groups is 1. The number of halogens is 2. The number of aromatic hydroxyl groups is 1. The highest BCUT2D eigenvalue weighted by Crippen LogP contribution is 2.28. The largest absolute Gasteiger partial charge is 0.506 e. The molecule has 0 amide bonds. The molecule has 2 N–H and O–H groups in total. The van der Waals surface area contributed by atoms with Crippen molar-refractivity contribution in [2.24, 2.45) is 10.4 Å². The number of nitrogens with zero attached hydrogens (tertiary/aromatic N) is 1. The van der Waals surface area contributed by atoms with E-state index < -0.39 is 5.82 Å². The molecule has 1 rings (SSSR count). The van der Waals surface area contributed by atoms with Crippen molar-refractivity contribution in [2.75, 3.05) is 6.61 Å². The number of aliphatic hydroxyl groups excluding tert-OH is 1. The minimum atomic E-state index is -0.546. The molecule has 1 atom stereocenters. The maximum absolute atomic E-state index is 13.1. The molecule has 0 aliphatic heterocycles. The average Bonchev–Trinajstić information content (AvgIpc) is 2.23. The van der Waals surface area contributed by atoms with Gasteiger partial charge in [0.15, 0.2) is 0 Å². The van der Waals surface area contributed by atoms with E-state index in [9.17, 15) is 14.6 Å². The van der Waals surface area contributed by atoms with Crippen molar-refractivity contribution in [3.05, 3.63) is 28.5 Å². The Morgan fingerprint density at radius 3 is 2.56 bits per heavy atom. The minimum absolute atomic E-state index is 0.0623. The Morgan fingerprint density at radius 1 is 1.44 bits per heavy atom. The summed E-state index contributed by atoms with van der Waals surface area (Å²) in [5.41, 5.74) is -0.0273. The first-order chi connectivity index (χ1) is 8.25. The van der Waals surface area contributed by atoms with E-state index in [2.05, 4.69) is 4.99 Å². The lowest BCUT2D eigenvalue weighted by molar-refractivity contribution is 0.191. The Kier molecular flexibility index (Phi) is 4.71. The molecule has 0 fully saturated rings. The fourth-order valence-corrected chi connectivity index (χ4v) is 1.61. The van der Waals surface area contributed by atoms with Gasteiger partial charge in [0, 0.05) is 11.8 Å². The monoisotopic (exact) mass is 273 g/mol. The summed E-state index contributed by atoms with van der Waals surface area (Å²) < 4.78 is 13.1. The van der Waals surface area contributed by atoms with E-state index in [4.69, 9.17) is 11.6 Å². The second-order valence-corrected chi connectivity index (χ2v) is 5.58. The second kappa shape index (κ2) is 5.67. The summed E-state index contributed by atoms with van der Waals surface area (Å²) in [4.78, 5) is 4.17. The van der Waals surface area contributed by atoms with Crippen molar-refractivity contribution >= 4 is 17.8 Å². The maximum atomic E-state index is 13.1. The molecule has 0 aliphatic rings. The molecule has 0 bridgehead atoms. The molecule has 0 radical (unpaired) electrons. The number of rotatable bonds is 3. The summed E-state index contributed by atoms with van der Waals surface area (Å²) in [6, 6.07) is 1.84. The Labute approximate surface area is 111 Å². The Morgan fingerprint density at radius 2 is 2.06 bits per heavy atom. The lowest BCUT2D eigenvalue weighted by atomic mass is 9.88. The van der Waals surface area contributed by atoms with Crippen molar-refractivity contribution in [1.82, 2.24) is 0 Å². The number of phenolic OH excluding ortho intramolecular Hbond substituents is 1. The van der Waals surface area contributed by atoms with Crippen LogP contribution >= 0.6 is 11.6 Å². The van der Waals surface area contributed by atoms with Gasteiger partial charge >= 0.3 is 0 Å². The van der Waals surface area contributed by atoms with Crippen molar-refractivity contribution in [3.63, 3.8) is 0 Å². The van der Waals surface area contributed by atoms with Crippen LogP contribution in [0.15, 0.2) is 17.1 Å².